The molecule has 2 aromatic carbocycles. The fourth-order valence-corrected chi connectivity index (χ4v) is 4.47. The third kappa shape index (κ3) is 3.48. The van der Waals surface area contributed by atoms with E-state index in [9.17, 15) is 9.59 Å². The Balaban J connectivity index is 1.88. The summed E-state index contributed by atoms with van der Waals surface area (Å²) >= 11 is 16.1. The first-order valence-corrected chi connectivity index (χ1v) is 9.57. The van der Waals surface area contributed by atoms with Gasteiger partial charge in [-0.3, -0.25) is 9.59 Å². The molecule has 1 amide bonds. The van der Waals surface area contributed by atoms with Gasteiger partial charge in [0.1, 0.15) is 0 Å². The van der Waals surface area contributed by atoms with Crippen LogP contribution in [-0.4, -0.2) is 19.0 Å². The second-order valence-corrected chi connectivity index (χ2v) is 8.08. The Kier molecular flexibility index (Phi) is 5.61. The van der Waals surface area contributed by atoms with Crippen LogP contribution in [0, 0.1) is 0 Å². The summed E-state index contributed by atoms with van der Waals surface area (Å²) in [7, 11) is 1.38. The van der Waals surface area contributed by atoms with Crippen LogP contribution in [0.2, 0.25) is 10.0 Å². The Hall–Kier alpha value is -1.56. The monoisotopic (exact) mass is 455 g/mol. The molecule has 1 atom stereocenters. The van der Waals surface area contributed by atoms with Crippen LogP contribution in [0.4, 0.5) is 5.69 Å². The third-order valence-corrected chi connectivity index (χ3v) is 6.15. The molecule has 1 N–H and O–H groups in total. The molecule has 0 spiro atoms. The lowest BCUT2D eigenvalue weighted by molar-refractivity contribution is -0.140. The number of anilines is 1. The molecule has 3 rings (SSSR count). The first kappa shape index (κ1) is 19.2. The average Bonchev–Trinajstić information content (AvgIpc) is 2.85. The predicted octanol–water partition coefficient (Wildman–Crippen LogP) is 5.08. The number of rotatable bonds is 5. The van der Waals surface area contributed by atoms with Gasteiger partial charge in [-0.1, -0.05) is 57.3 Å². The topological polar surface area (TPSA) is 55.4 Å². The molecule has 0 aliphatic carbocycles. The van der Waals surface area contributed by atoms with Crippen molar-refractivity contribution in [3.8, 4) is 0 Å². The number of nitrogens with one attached hydrogen (secondary N) is 1. The zero-order chi connectivity index (χ0) is 18.9. The minimum Gasteiger partial charge on any atom is -0.469 e. The number of benzene rings is 2. The molecule has 0 saturated carbocycles. The van der Waals surface area contributed by atoms with Crippen molar-refractivity contribution in [2.75, 3.05) is 12.4 Å². The molecule has 0 fully saturated rings. The van der Waals surface area contributed by atoms with E-state index in [4.69, 9.17) is 23.2 Å². The van der Waals surface area contributed by atoms with Gasteiger partial charge in [0.25, 0.3) is 5.91 Å². The summed E-state index contributed by atoms with van der Waals surface area (Å²) in [6.07, 6.45) is 1.72. The van der Waals surface area contributed by atoms with Gasteiger partial charge in [-0.25, -0.2) is 0 Å². The fraction of sp³-hybridized carbons (Fsp3) is 0.263. The number of ether oxygens (including phenoxy) is 1. The summed E-state index contributed by atoms with van der Waals surface area (Å²) in [5.74, 6) is -0.444. The zero-order valence-electron chi connectivity index (χ0n) is 13.9. The summed E-state index contributed by atoms with van der Waals surface area (Å²) in [6, 6.07) is 10.9. The van der Waals surface area contributed by atoms with Crippen molar-refractivity contribution in [3.63, 3.8) is 0 Å². The van der Waals surface area contributed by atoms with Gasteiger partial charge >= 0.3 is 5.97 Å². The highest BCUT2D eigenvalue weighted by Crippen LogP contribution is 2.50. The van der Waals surface area contributed by atoms with E-state index in [0.717, 1.165) is 11.1 Å². The number of esters is 1. The molecular formula is C19H16BrCl2NO3. The average molecular weight is 457 g/mol. The second-order valence-electron chi connectivity index (χ2n) is 6.05. The van der Waals surface area contributed by atoms with E-state index < -0.39 is 4.32 Å². The first-order valence-electron chi connectivity index (χ1n) is 8.02. The van der Waals surface area contributed by atoms with Gasteiger partial charge in [-0.05, 0) is 36.6 Å². The Bertz CT molecular complexity index is 887. The van der Waals surface area contributed by atoms with Crippen LogP contribution in [0.15, 0.2) is 36.4 Å². The van der Waals surface area contributed by atoms with Gasteiger partial charge in [-0.2, -0.15) is 0 Å². The maximum atomic E-state index is 12.7. The van der Waals surface area contributed by atoms with Crippen LogP contribution in [-0.2, 0) is 25.1 Å². The molecule has 2 aromatic rings. The predicted molar refractivity (Wildman–Crippen MR) is 106 cm³/mol. The molecule has 1 heterocycles. The quantitative estimate of drug-likeness (QED) is 0.504. The summed E-state index contributed by atoms with van der Waals surface area (Å²) < 4.78 is 3.58. The molecule has 0 bridgehead atoms. The van der Waals surface area contributed by atoms with Crippen molar-refractivity contribution in [2.24, 2.45) is 0 Å². The molecule has 136 valence electrons. The lowest BCUT2D eigenvalue weighted by atomic mass is 9.91. The van der Waals surface area contributed by atoms with Gasteiger partial charge in [0.05, 0.1) is 7.11 Å². The number of hydrogen-bond donors (Lipinski definition) is 1. The number of amides is 1. The Labute approximate surface area is 169 Å². The van der Waals surface area contributed by atoms with Crippen LogP contribution in [0.1, 0.15) is 29.5 Å². The number of methoxy groups -OCH3 is 1. The third-order valence-electron chi connectivity index (χ3n) is 4.39. The van der Waals surface area contributed by atoms with Crippen LogP contribution in [0.25, 0.3) is 0 Å². The van der Waals surface area contributed by atoms with Crippen molar-refractivity contribution in [2.45, 2.75) is 23.6 Å². The van der Waals surface area contributed by atoms with E-state index in [0.29, 0.717) is 40.6 Å². The molecule has 26 heavy (non-hydrogen) atoms. The Morgan fingerprint density at radius 3 is 2.62 bits per heavy atom. The standard InChI is InChI=1S/C19H16BrCl2NO3/c1-26-17(24)4-2-3-11-5-7-13(15(22)9-11)19(20)14-8-6-12(21)10-16(14)23-18(19)25/h5-10H,2-4H2,1H3,(H,23,25). The van der Waals surface area contributed by atoms with Gasteiger partial charge < -0.3 is 10.1 Å². The number of hydrogen-bond acceptors (Lipinski definition) is 3. The van der Waals surface area contributed by atoms with Crippen molar-refractivity contribution < 1.29 is 14.3 Å². The summed E-state index contributed by atoms with van der Waals surface area (Å²) in [6.45, 7) is 0. The highest BCUT2D eigenvalue weighted by atomic mass is 79.9. The van der Waals surface area contributed by atoms with Crippen molar-refractivity contribution >= 4 is 56.7 Å². The maximum Gasteiger partial charge on any atom is 0.305 e. The molecule has 0 aromatic heterocycles. The first-order chi connectivity index (χ1) is 12.4. The highest BCUT2D eigenvalue weighted by Gasteiger charge is 2.47. The van der Waals surface area contributed by atoms with Crippen molar-refractivity contribution in [1.29, 1.82) is 0 Å². The fourth-order valence-electron chi connectivity index (χ4n) is 3.05. The van der Waals surface area contributed by atoms with Gasteiger partial charge in [-0.15, -0.1) is 0 Å². The smallest absolute Gasteiger partial charge is 0.305 e. The van der Waals surface area contributed by atoms with E-state index in [1.165, 1.54) is 7.11 Å². The number of halogens is 3. The second kappa shape index (κ2) is 7.59. The maximum absolute atomic E-state index is 12.7. The Morgan fingerprint density at radius 1 is 1.19 bits per heavy atom. The van der Waals surface area contributed by atoms with Crippen LogP contribution >= 0.6 is 39.1 Å². The van der Waals surface area contributed by atoms with Gasteiger partial charge in [0, 0.05) is 33.3 Å². The van der Waals surface area contributed by atoms with E-state index in [2.05, 4.69) is 26.0 Å². The number of alkyl halides is 1. The normalized spacial score (nSPS) is 18.4. The van der Waals surface area contributed by atoms with E-state index >= 15 is 0 Å². The Morgan fingerprint density at radius 2 is 1.92 bits per heavy atom. The van der Waals surface area contributed by atoms with Crippen LogP contribution in [0.3, 0.4) is 0 Å². The molecule has 1 aliphatic rings. The lowest BCUT2D eigenvalue weighted by Gasteiger charge is -2.22. The molecule has 7 heteroatoms. The van der Waals surface area contributed by atoms with Crippen LogP contribution < -0.4 is 5.32 Å². The SMILES string of the molecule is COC(=O)CCCc1ccc(C2(Br)C(=O)Nc3cc(Cl)ccc32)c(Cl)c1. The summed E-state index contributed by atoms with van der Waals surface area (Å²) in [5.41, 5.74) is 3.09. The number of carbonyl (C=O) groups excluding carboxylic acids is 2. The van der Waals surface area contributed by atoms with E-state index in [1.54, 1.807) is 12.1 Å². The lowest BCUT2D eigenvalue weighted by Crippen LogP contribution is -2.29. The van der Waals surface area contributed by atoms with Crippen molar-refractivity contribution in [3.05, 3.63) is 63.1 Å². The number of carbonyl (C=O) groups is 2. The van der Waals surface area contributed by atoms with E-state index in [1.807, 2.05) is 24.3 Å². The molecular weight excluding hydrogens is 441 g/mol. The van der Waals surface area contributed by atoms with Crippen LogP contribution in [0.5, 0.6) is 0 Å². The zero-order valence-corrected chi connectivity index (χ0v) is 17.0. The molecule has 1 unspecified atom stereocenters. The molecule has 4 nitrogen and oxygen atoms in total. The van der Waals surface area contributed by atoms with Crippen molar-refractivity contribution in [1.82, 2.24) is 0 Å². The minimum atomic E-state index is -1.06. The number of fused-ring (bicyclic) bond motifs is 1. The van der Waals surface area contributed by atoms with Gasteiger partial charge in [0.15, 0.2) is 4.32 Å². The highest BCUT2D eigenvalue weighted by molar-refractivity contribution is 9.10. The molecule has 1 aliphatic heterocycles. The summed E-state index contributed by atoms with van der Waals surface area (Å²) in [5, 5.41) is 3.87. The number of aryl methyl sites for hydroxylation is 1. The minimum absolute atomic E-state index is 0.213. The molecule has 0 saturated heterocycles. The largest absolute Gasteiger partial charge is 0.469 e. The summed E-state index contributed by atoms with van der Waals surface area (Å²) in [4.78, 5) is 23.9. The molecule has 0 radical (unpaired) electrons. The van der Waals surface area contributed by atoms with Gasteiger partial charge in [0.2, 0.25) is 0 Å². The van der Waals surface area contributed by atoms with E-state index in [-0.39, 0.29) is 11.9 Å².